The first-order valence-corrected chi connectivity index (χ1v) is 11.5. The van der Waals surface area contributed by atoms with Crippen LogP contribution in [0, 0.1) is 13.8 Å². The standard InChI is InChI=1S/C16H20N4O.C8H11N.C3H8/c1-4-5-13-6-8-14(9-7-13)20(12(3)21)15-11(2)18-10-19-16(15)17;1-7-4-3-5-8(6-7)9-2;1-3-2/h6-10H,4-5H2,1-3H3,(H2,17,18,19);3-6,9H,1-2H3;3H2,1-2H3. The number of carbonyl (C=O) groups is 1. The zero-order chi connectivity index (χ0) is 24.8. The molecule has 0 unspecified atom stereocenters. The largest absolute Gasteiger partial charge is 0.388 e. The molecule has 33 heavy (non-hydrogen) atoms. The Hall–Kier alpha value is -3.41. The van der Waals surface area contributed by atoms with Gasteiger partial charge in [0.25, 0.3) is 0 Å². The predicted molar refractivity (Wildman–Crippen MR) is 141 cm³/mol. The van der Waals surface area contributed by atoms with Gasteiger partial charge in [-0.1, -0.05) is 57.9 Å². The summed E-state index contributed by atoms with van der Waals surface area (Å²) in [4.78, 5) is 21.7. The van der Waals surface area contributed by atoms with Gasteiger partial charge in [0.05, 0.1) is 5.69 Å². The minimum absolute atomic E-state index is 0.122. The van der Waals surface area contributed by atoms with Crippen molar-refractivity contribution >= 4 is 28.8 Å². The van der Waals surface area contributed by atoms with E-state index in [1.54, 1.807) is 4.90 Å². The molecule has 1 aromatic heterocycles. The van der Waals surface area contributed by atoms with Gasteiger partial charge in [0, 0.05) is 25.3 Å². The molecule has 1 amide bonds. The lowest BCUT2D eigenvalue weighted by atomic mass is 10.1. The monoisotopic (exact) mass is 449 g/mol. The van der Waals surface area contributed by atoms with Crippen LogP contribution in [0.4, 0.5) is 22.9 Å². The van der Waals surface area contributed by atoms with E-state index >= 15 is 0 Å². The van der Waals surface area contributed by atoms with Crippen molar-refractivity contribution in [2.45, 2.75) is 60.8 Å². The highest BCUT2D eigenvalue weighted by molar-refractivity contribution is 6.01. The average molecular weight is 450 g/mol. The molecule has 0 aliphatic rings. The lowest BCUT2D eigenvalue weighted by molar-refractivity contribution is -0.115. The first-order chi connectivity index (χ1) is 15.8. The fraction of sp³-hybridized carbons (Fsp3) is 0.370. The van der Waals surface area contributed by atoms with Crippen LogP contribution in [-0.2, 0) is 11.2 Å². The molecule has 0 saturated carbocycles. The summed E-state index contributed by atoms with van der Waals surface area (Å²) in [6.45, 7) is 11.8. The number of nitrogens with two attached hydrogens (primary N) is 1. The van der Waals surface area contributed by atoms with Gasteiger partial charge in [-0.05, 0) is 55.7 Å². The number of carbonyl (C=O) groups excluding carboxylic acids is 1. The molecule has 6 heteroatoms. The summed E-state index contributed by atoms with van der Waals surface area (Å²) in [7, 11) is 1.93. The summed E-state index contributed by atoms with van der Waals surface area (Å²) < 4.78 is 0. The van der Waals surface area contributed by atoms with Gasteiger partial charge in [0.2, 0.25) is 5.91 Å². The molecular weight excluding hydrogens is 410 g/mol. The molecule has 2 aromatic carbocycles. The maximum Gasteiger partial charge on any atom is 0.228 e. The fourth-order valence-electron chi connectivity index (χ4n) is 3.13. The second kappa shape index (κ2) is 14.6. The van der Waals surface area contributed by atoms with Crippen LogP contribution in [0.3, 0.4) is 0 Å². The van der Waals surface area contributed by atoms with Crippen LogP contribution in [-0.4, -0.2) is 22.9 Å². The Bertz CT molecular complexity index is 966. The average Bonchev–Trinajstić information content (AvgIpc) is 2.78. The number of nitrogens with one attached hydrogen (secondary N) is 1. The van der Waals surface area contributed by atoms with E-state index in [0.717, 1.165) is 18.5 Å². The zero-order valence-corrected chi connectivity index (χ0v) is 21.1. The van der Waals surface area contributed by atoms with E-state index in [4.69, 9.17) is 5.73 Å². The normalized spacial score (nSPS) is 9.67. The third-order valence-electron chi connectivity index (χ3n) is 4.61. The van der Waals surface area contributed by atoms with Crippen molar-refractivity contribution in [2.24, 2.45) is 0 Å². The molecule has 0 saturated heterocycles. The van der Waals surface area contributed by atoms with Crippen molar-refractivity contribution in [2.75, 3.05) is 23.0 Å². The Balaban J connectivity index is 0.000000375. The topological polar surface area (TPSA) is 84.1 Å². The molecule has 3 aromatic rings. The summed E-state index contributed by atoms with van der Waals surface area (Å²) in [5, 5.41) is 3.07. The molecule has 0 aliphatic heterocycles. The highest BCUT2D eigenvalue weighted by Crippen LogP contribution is 2.31. The van der Waals surface area contributed by atoms with Gasteiger partial charge in [0.1, 0.15) is 12.0 Å². The highest BCUT2D eigenvalue weighted by atomic mass is 16.2. The molecule has 0 aliphatic carbocycles. The lowest BCUT2D eigenvalue weighted by Gasteiger charge is -2.23. The third-order valence-corrected chi connectivity index (χ3v) is 4.61. The Morgan fingerprint density at radius 2 is 1.67 bits per heavy atom. The molecule has 3 rings (SSSR count). The SMILES string of the molecule is CCC.CCCc1ccc(N(C(C)=O)c2c(C)ncnc2N)cc1.CNc1cccc(C)c1. The van der Waals surface area contributed by atoms with Gasteiger partial charge < -0.3 is 11.1 Å². The molecule has 178 valence electrons. The van der Waals surface area contributed by atoms with E-state index in [2.05, 4.69) is 55.1 Å². The fourth-order valence-corrected chi connectivity index (χ4v) is 3.13. The van der Waals surface area contributed by atoms with Crippen molar-refractivity contribution < 1.29 is 4.79 Å². The van der Waals surface area contributed by atoms with Crippen LogP contribution < -0.4 is 16.0 Å². The Morgan fingerprint density at radius 3 is 2.12 bits per heavy atom. The van der Waals surface area contributed by atoms with Gasteiger partial charge in [-0.25, -0.2) is 9.97 Å². The Morgan fingerprint density at radius 1 is 1.03 bits per heavy atom. The first kappa shape index (κ1) is 27.6. The summed E-state index contributed by atoms with van der Waals surface area (Å²) in [5.41, 5.74) is 11.6. The molecule has 0 spiro atoms. The number of aromatic nitrogens is 2. The Kier molecular flexibility index (Phi) is 12.2. The van der Waals surface area contributed by atoms with E-state index < -0.39 is 0 Å². The second-order valence-electron chi connectivity index (χ2n) is 7.79. The van der Waals surface area contributed by atoms with Crippen molar-refractivity contribution in [3.63, 3.8) is 0 Å². The van der Waals surface area contributed by atoms with Crippen LogP contribution in [0.25, 0.3) is 0 Å². The van der Waals surface area contributed by atoms with E-state index in [1.165, 1.54) is 36.5 Å². The van der Waals surface area contributed by atoms with Gasteiger partial charge in [-0.2, -0.15) is 0 Å². The van der Waals surface area contributed by atoms with Gasteiger partial charge in [-0.15, -0.1) is 0 Å². The number of amides is 1. The molecule has 3 N–H and O–H groups in total. The van der Waals surface area contributed by atoms with Gasteiger partial charge in [0.15, 0.2) is 5.82 Å². The van der Waals surface area contributed by atoms with Crippen LogP contribution in [0.15, 0.2) is 54.9 Å². The van der Waals surface area contributed by atoms with Crippen molar-refractivity contribution in [1.82, 2.24) is 9.97 Å². The molecule has 1 heterocycles. The lowest BCUT2D eigenvalue weighted by Crippen LogP contribution is -2.25. The zero-order valence-electron chi connectivity index (χ0n) is 21.1. The van der Waals surface area contributed by atoms with Crippen LogP contribution in [0.2, 0.25) is 0 Å². The van der Waals surface area contributed by atoms with E-state index in [0.29, 0.717) is 17.2 Å². The van der Waals surface area contributed by atoms with Gasteiger partial charge in [-0.3, -0.25) is 9.69 Å². The highest BCUT2D eigenvalue weighted by Gasteiger charge is 2.20. The third kappa shape index (κ3) is 8.93. The molecule has 0 bridgehead atoms. The number of nitrogen functional groups attached to an aromatic ring is 1. The first-order valence-electron chi connectivity index (χ1n) is 11.5. The van der Waals surface area contributed by atoms with Crippen molar-refractivity contribution in [1.29, 1.82) is 0 Å². The number of anilines is 4. The van der Waals surface area contributed by atoms with E-state index in [1.807, 2.05) is 50.4 Å². The summed E-state index contributed by atoms with van der Waals surface area (Å²) in [6.07, 6.45) is 4.77. The van der Waals surface area contributed by atoms with Crippen molar-refractivity contribution in [3.8, 4) is 0 Å². The number of hydrogen-bond acceptors (Lipinski definition) is 5. The van der Waals surface area contributed by atoms with Gasteiger partial charge >= 0.3 is 0 Å². The van der Waals surface area contributed by atoms with E-state index in [9.17, 15) is 4.79 Å². The number of nitrogens with zero attached hydrogens (tertiary/aromatic N) is 3. The molecule has 0 atom stereocenters. The smallest absolute Gasteiger partial charge is 0.228 e. The van der Waals surface area contributed by atoms with Crippen LogP contribution in [0.5, 0.6) is 0 Å². The van der Waals surface area contributed by atoms with Crippen molar-refractivity contribution in [3.05, 3.63) is 71.7 Å². The maximum absolute atomic E-state index is 12.1. The molecule has 0 fully saturated rings. The molecule has 0 radical (unpaired) electrons. The van der Waals surface area contributed by atoms with Crippen LogP contribution in [0.1, 0.15) is 57.4 Å². The maximum atomic E-state index is 12.1. The number of aryl methyl sites for hydroxylation is 3. The minimum atomic E-state index is -0.122. The number of rotatable bonds is 5. The summed E-state index contributed by atoms with van der Waals surface area (Å²) >= 11 is 0. The quantitative estimate of drug-likeness (QED) is 0.467. The summed E-state index contributed by atoms with van der Waals surface area (Å²) in [5.74, 6) is 0.179. The minimum Gasteiger partial charge on any atom is -0.388 e. The van der Waals surface area contributed by atoms with Crippen LogP contribution >= 0.6 is 0 Å². The predicted octanol–water partition coefficient (Wildman–Crippen LogP) is 6.46. The number of benzene rings is 2. The second-order valence-corrected chi connectivity index (χ2v) is 7.79. The molecular formula is C27H39N5O. The number of hydrogen-bond donors (Lipinski definition) is 2. The Labute approximate surface area is 199 Å². The summed E-state index contributed by atoms with van der Waals surface area (Å²) in [6, 6.07) is 16.2. The van der Waals surface area contributed by atoms with E-state index in [-0.39, 0.29) is 5.91 Å². The molecule has 6 nitrogen and oxygen atoms in total.